The van der Waals surface area contributed by atoms with Crippen molar-refractivity contribution in [2.75, 3.05) is 44.2 Å². The largest absolute Gasteiger partial charge is 0.339 e. The van der Waals surface area contributed by atoms with Crippen LogP contribution >= 0.6 is 22.9 Å². The number of aromatic nitrogens is 2. The maximum absolute atomic E-state index is 13.1. The smallest absolute Gasteiger partial charge is 0.252 e. The Balaban J connectivity index is 1.30. The van der Waals surface area contributed by atoms with Gasteiger partial charge in [0.2, 0.25) is 11.9 Å². The number of anilines is 1. The van der Waals surface area contributed by atoms with Gasteiger partial charge < -0.3 is 9.80 Å². The molecule has 168 valence electrons. The van der Waals surface area contributed by atoms with Crippen molar-refractivity contribution in [1.82, 2.24) is 19.2 Å². The number of carbonyl (C=O) groups excluding carboxylic acids is 1. The highest BCUT2D eigenvalue weighted by Gasteiger charge is 2.36. The van der Waals surface area contributed by atoms with Crippen LogP contribution in [0.2, 0.25) is 4.34 Å². The second kappa shape index (κ2) is 9.40. The van der Waals surface area contributed by atoms with Crippen molar-refractivity contribution in [3.8, 4) is 0 Å². The summed E-state index contributed by atoms with van der Waals surface area (Å²) in [5, 5.41) is 0. The molecule has 2 saturated heterocycles. The summed E-state index contributed by atoms with van der Waals surface area (Å²) < 4.78 is 27.8. The quantitative estimate of drug-likeness (QED) is 0.649. The van der Waals surface area contributed by atoms with Crippen LogP contribution in [-0.2, 0) is 14.8 Å². The van der Waals surface area contributed by atoms with Crippen LogP contribution in [0.25, 0.3) is 0 Å². The number of rotatable bonds is 5. The Morgan fingerprint density at radius 3 is 2.32 bits per heavy atom. The highest BCUT2D eigenvalue weighted by molar-refractivity contribution is 7.91. The van der Waals surface area contributed by atoms with Crippen LogP contribution in [0.1, 0.15) is 19.8 Å². The van der Waals surface area contributed by atoms with Gasteiger partial charge in [0.1, 0.15) is 4.21 Å². The number of piperazine rings is 1. The second-order valence-electron chi connectivity index (χ2n) is 7.95. The van der Waals surface area contributed by atoms with Gasteiger partial charge in [-0.2, -0.15) is 4.31 Å². The molecule has 2 aromatic rings. The van der Waals surface area contributed by atoms with Crippen molar-refractivity contribution in [1.29, 1.82) is 0 Å². The first kappa shape index (κ1) is 22.4. The van der Waals surface area contributed by atoms with Gasteiger partial charge in [0.25, 0.3) is 10.0 Å². The van der Waals surface area contributed by atoms with Crippen LogP contribution in [0.5, 0.6) is 0 Å². The SMILES string of the molecule is CC(C(=O)N1CCN(c2ncccn2)CC1)C1CCN(S(=O)(=O)c2ccc(Cl)s2)CC1. The third-order valence-electron chi connectivity index (χ3n) is 6.16. The Labute approximate surface area is 191 Å². The van der Waals surface area contributed by atoms with Gasteiger partial charge in [-0.15, -0.1) is 11.3 Å². The van der Waals surface area contributed by atoms with Gasteiger partial charge in [-0.05, 0) is 37.0 Å². The zero-order valence-corrected chi connectivity index (χ0v) is 19.7. The maximum Gasteiger partial charge on any atom is 0.252 e. The molecule has 2 aromatic heterocycles. The lowest BCUT2D eigenvalue weighted by molar-refractivity contribution is -0.137. The van der Waals surface area contributed by atoms with Crippen molar-refractivity contribution in [3.63, 3.8) is 0 Å². The van der Waals surface area contributed by atoms with E-state index in [4.69, 9.17) is 11.6 Å². The standard InChI is InChI=1S/C20H26ClN5O3S2/c1-15(19(27)24-11-13-25(14-12-24)20-22-7-2-8-23-20)16-5-9-26(10-6-16)31(28,29)18-4-3-17(21)30-18/h2-4,7-8,15-16H,5-6,9-14H2,1H3. The predicted octanol–water partition coefficient (Wildman–Crippen LogP) is 2.58. The summed E-state index contributed by atoms with van der Waals surface area (Å²) in [5.74, 6) is 0.908. The number of sulfonamides is 1. The molecule has 1 amide bonds. The first-order chi connectivity index (χ1) is 14.9. The number of nitrogens with zero attached hydrogens (tertiary/aromatic N) is 5. The number of halogens is 1. The molecule has 31 heavy (non-hydrogen) atoms. The van der Waals surface area contributed by atoms with Crippen molar-refractivity contribution < 1.29 is 13.2 Å². The van der Waals surface area contributed by atoms with Crippen molar-refractivity contribution in [3.05, 3.63) is 34.9 Å². The second-order valence-corrected chi connectivity index (χ2v) is 11.8. The number of piperidine rings is 1. The molecule has 1 unspecified atom stereocenters. The molecule has 4 rings (SSSR count). The Kier molecular flexibility index (Phi) is 6.80. The average Bonchev–Trinajstić information content (AvgIpc) is 3.26. The number of carbonyl (C=O) groups is 1. The van der Waals surface area contributed by atoms with E-state index in [0.29, 0.717) is 62.4 Å². The van der Waals surface area contributed by atoms with Gasteiger partial charge in [-0.1, -0.05) is 18.5 Å². The van der Waals surface area contributed by atoms with E-state index in [0.717, 1.165) is 11.3 Å². The molecule has 0 bridgehead atoms. The van der Waals surface area contributed by atoms with Crippen LogP contribution in [0, 0.1) is 11.8 Å². The number of hydrogen-bond donors (Lipinski definition) is 0. The summed E-state index contributed by atoms with van der Waals surface area (Å²) in [6.07, 6.45) is 4.81. The van der Waals surface area contributed by atoms with E-state index in [9.17, 15) is 13.2 Å². The average molecular weight is 484 g/mol. The van der Waals surface area contributed by atoms with Crippen molar-refractivity contribution in [2.24, 2.45) is 11.8 Å². The van der Waals surface area contributed by atoms with Crippen LogP contribution in [-0.4, -0.2) is 72.8 Å². The van der Waals surface area contributed by atoms with E-state index < -0.39 is 10.0 Å². The van der Waals surface area contributed by atoms with Crippen LogP contribution in [0.15, 0.2) is 34.8 Å². The summed E-state index contributed by atoms with van der Waals surface area (Å²) >= 11 is 6.99. The highest BCUT2D eigenvalue weighted by Crippen LogP contribution is 2.33. The summed E-state index contributed by atoms with van der Waals surface area (Å²) in [7, 11) is -3.51. The zero-order chi connectivity index (χ0) is 22.0. The number of amides is 1. The summed E-state index contributed by atoms with van der Waals surface area (Å²) in [4.78, 5) is 25.6. The molecule has 2 fully saturated rings. The monoisotopic (exact) mass is 483 g/mol. The topological polar surface area (TPSA) is 86.7 Å². The van der Waals surface area contributed by atoms with E-state index in [2.05, 4.69) is 14.9 Å². The minimum absolute atomic E-state index is 0.124. The summed E-state index contributed by atoms with van der Waals surface area (Å²) in [5.41, 5.74) is 0. The number of thiophene rings is 1. The zero-order valence-electron chi connectivity index (χ0n) is 17.4. The van der Waals surface area contributed by atoms with Crippen LogP contribution in [0.3, 0.4) is 0 Å². The first-order valence-electron chi connectivity index (χ1n) is 10.4. The first-order valence-corrected chi connectivity index (χ1v) is 13.1. The fourth-order valence-electron chi connectivity index (χ4n) is 4.25. The van der Waals surface area contributed by atoms with Gasteiger partial charge >= 0.3 is 0 Å². The van der Waals surface area contributed by atoms with Crippen LogP contribution in [0.4, 0.5) is 5.95 Å². The lowest BCUT2D eigenvalue weighted by Gasteiger charge is -2.38. The summed E-state index contributed by atoms with van der Waals surface area (Å²) in [6, 6.07) is 4.95. The Hall–Kier alpha value is -1.75. The van der Waals surface area contributed by atoms with Crippen LogP contribution < -0.4 is 4.90 Å². The van der Waals surface area contributed by atoms with Gasteiger partial charge in [-0.25, -0.2) is 18.4 Å². The third kappa shape index (κ3) is 4.87. The fourth-order valence-corrected chi connectivity index (χ4v) is 7.36. The van der Waals surface area contributed by atoms with Crippen molar-refractivity contribution in [2.45, 2.75) is 24.0 Å². The third-order valence-corrected chi connectivity index (χ3v) is 9.76. The molecular weight excluding hydrogens is 458 g/mol. The van der Waals surface area contributed by atoms with E-state index in [1.807, 2.05) is 11.8 Å². The number of hydrogen-bond acceptors (Lipinski definition) is 7. The molecule has 0 saturated carbocycles. The lowest BCUT2D eigenvalue weighted by atomic mass is 9.85. The molecule has 0 aliphatic carbocycles. The molecule has 0 radical (unpaired) electrons. The molecule has 8 nitrogen and oxygen atoms in total. The van der Waals surface area contributed by atoms with Crippen molar-refractivity contribution >= 4 is 44.8 Å². The summed E-state index contributed by atoms with van der Waals surface area (Å²) in [6.45, 7) is 5.55. The van der Waals surface area contributed by atoms with E-state index in [1.54, 1.807) is 30.6 Å². The maximum atomic E-state index is 13.1. The normalized spacial score (nSPS) is 20.1. The molecule has 0 N–H and O–H groups in total. The van der Waals surface area contributed by atoms with E-state index in [1.165, 1.54) is 4.31 Å². The molecular formula is C20H26ClN5O3S2. The minimum Gasteiger partial charge on any atom is -0.339 e. The molecule has 2 aliphatic rings. The Morgan fingerprint density at radius 1 is 1.10 bits per heavy atom. The minimum atomic E-state index is -3.51. The molecule has 0 aromatic carbocycles. The van der Waals surface area contributed by atoms with Gasteiger partial charge in [-0.3, -0.25) is 4.79 Å². The molecule has 2 aliphatic heterocycles. The van der Waals surface area contributed by atoms with E-state index >= 15 is 0 Å². The Morgan fingerprint density at radius 2 is 1.74 bits per heavy atom. The lowest BCUT2D eigenvalue weighted by Crippen LogP contribution is -2.52. The molecule has 1 atom stereocenters. The van der Waals surface area contributed by atoms with Gasteiger partial charge in [0.05, 0.1) is 4.34 Å². The molecule has 4 heterocycles. The highest BCUT2D eigenvalue weighted by atomic mass is 35.5. The fraction of sp³-hybridized carbons (Fsp3) is 0.550. The predicted molar refractivity (Wildman–Crippen MR) is 121 cm³/mol. The molecule has 0 spiro atoms. The Bertz CT molecular complexity index is 1000. The van der Waals surface area contributed by atoms with Gasteiger partial charge in [0, 0.05) is 57.6 Å². The van der Waals surface area contributed by atoms with Gasteiger partial charge in [0.15, 0.2) is 0 Å². The van der Waals surface area contributed by atoms with E-state index in [-0.39, 0.29) is 22.0 Å². The molecule has 11 heteroatoms.